The van der Waals surface area contributed by atoms with Crippen molar-refractivity contribution < 1.29 is 42.9 Å². The maximum absolute atomic E-state index is 14.2. The molecule has 0 N–H and O–H groups in total. The highest BCUT2D eigenvalue weighted by Crippen LogP contribution is 2.77. The molecule has 2 saturated carbocycles. The molecule has 186 valence electrons. The van der Waals surface area contributed by atoms with Crippen molar-refractivity contribution in [1.82, 2.24) is 0 Å². The standard InChI is InChI=1S/C26H28O9/c1-22(2)14-11-15(27)25(5)13(23(14,3)8-7-16(28)34-22)6-9-24(4)18(12-10-17(29)32-20(12)30)33-21(31)19-26(24,25)35-19/h7-8,10,13-14,18-19H,6,9,11H2,1-5H3/t13-,14-,18+,19-,23-,24+,25+,26-/m1/s1. The Morgan fingerprint density at radius 2 is 1.63 bits per heavy atom. The Balaban J connectivity index is 1.52. The van der Waals surface area contributed by atoms with Crippen LogP contribution in [0.25, 0.3) is 0 Å². The van der Waals surface area contributed by atoms with Crippen molar-refractivity contribution in [3.8, 4) is 0 Å². The molecule has 4 aliphatic heterocycles. The van der Waals surface area contributed by atoms with Gasteiger partial charge in [-0.25, -0.2) is 19.2 Å². The Labute approximate surface area is 202 Å². The number of Topliss-reactive ketones (excluding diaryl/α,β-unsaturated/α-hetero) is 1. The van der Waals surface area contributed by atoms with Gasteiger partial charge in [0.2, 0.25) is 0 Å². The van der Waals surface area contributed by atoms with E-state index >= 15 is 0 Å². The molecule has 2 saturated heterocycles. The van der Waals surface area contributed by atoms with Gasteiger partial charge in [-0.05, 0) is 44.9 Å². The van der Waals surface area contributed by atoms with E-state index in [-0.39, 0.29) is 29.6 Å². The summed E-state index contributed by atoms with van der Waals surface area (Å²) in [5.74, 6) is -3.35. The average Bonchev–Trinajstić information content (AvgIpc) is 3.47. The van der Waals surface area contributed by atoms with Crippen LogP contribution in [0, 0.1) is 28.1 Å². The van der Waals surface area contributed by atoms with Gasteiger partial charge in [-0.1, -0.05) is 19.9 Å². The summed E-state index contributed by atoms with van der Waals surface area (Å²) >= 11 is 0. The Morgan fingerprint density at radius 3 is 2.29 bits per heavy atom. The van der Waals surface area contributed by atoms with Crippen LogP contribution >= 0.6 is 0 Å². The molecule has 4 fully saturated rings. The number of rotatable bonds is 1. The van der Waals surface area contributed by atoms with Crippen molar-refractivity contribution in [1.29, 1.82) is 0 Å². The molecule has 2 aliphatic carbocycles. The van der Waals surface area contributed by atoms with Crippen molar-refractivity contribution in [2.24, 2.45) is 28.1 Å². The molecule has 0 aromatic rings. The number of fused-ring (bicyclic) bond motifs is 3. The molecule has 6 aliphatic rings. The fourth-order valence-electron chi connectivity index (χ4n) is 8.59. The molecular weight excluding hydrogens is 456 g/mol. The lowest BCUT2D eigenvalue weighted by Crippen LogP contribution is -2.72. The topological polar surface area (TPSA) is 126 Å². The number of cyclic esters (lactones) is 4. The van der Waals surface area contributed by atoms with E-state index in [2.05, 4.69) is 6.92 Å². The normalized spacial score (nSPS) is 49.4. The smallest absolute Gasteiger partial charge is 0.345 e. The highest BCUT2D eigenvalue weighted by molar-refractivity contribution is 6.10. The van der Waals surface area contributed by atoms with Crippen molar-refractivity contribution in [2.75, 3.05) is 0 Å². The summed E-state index contributed by atoms with van der Waals surface area (Å²) in [6.07, 6.45) is 3.53. The first-order valence-corrected chi connectivity index (χ1v) is 12.0. The number of carbonyl (C=O) groups is 5. The zero-order chi connectivity index (χ0) is 25.3. The maximum atomic E-state index is 14.2. The van der Waals surface area contributed by atoms with Gasteiger partial charge >= 0.3 is 23.9 Å². The number of carbonyl (C=O) groups excluding carboxylic acids is 5. The summed E-state index contributed by atoms with van der Waals surface area (Å²) in [4.78, 5) is 63.9. The van der Waals surface area contributed by atoms with E-state index in [0.29, 0.717) is 12.8 Å². The second-order valence-corrected chi connectivity index (χ2v) is 12.0. The summed E-state index contributed by atoms with van der Waals surface area (Å²) in [6.45, 7) is 9.44. The summed E-state index contributed by atoms with van der Waals surface area (Å²) < 4.78 is 22.3. The third kappa shape index (κ3) is 2.40. The van der Waals surface area contributed by atoms with Gasteiger partial charge < -0.3 is 18.9 Å². The fourth-order valence-corrected chi connectivity index (χ4v) is 8.59. The fraction of sp³-hybridized carbons (Fsp3) is 0.654. The van der Waals surface area contributed by atoms with Gasteiger partial charge in [0.15, 0.2) is 6.10 Å². The van der Waals surface area contributed by atoms with Gasteiger partial charge in [0.05, 0.1) is 11.0 Å². The SMILES string of the molecule is CC1(C)OC(=O)C=C[C@@]2(C)[C@@H]1CC(=O)[C@]1(C)[C@@H]2CC[C@@]2(C)[C@H](C3=CC(=O)OC3=O)OC(=O)[C@H]3O[C@]321. The summed E-state index contributed by atoms with van der Waals surface area (Å²) in [5, 5.41) is 0. The highest BCUT2D eigenvalue weighted by Gasteiger charge is 2.88. The van der Waals surface area contributed by atoms with Crippen LogP contribution in [0.4, 0.5) is 0 Å². The molecule has 0 amide bonds. The number of hydrogen-bond donors (Lipinski definition) is 0. The minimum absolute atomic E-state index is 0.0249. The molecular formula is C26H28O9. The summed E-state index contributed by atoms with van der Waals surface area (Å²) in [5.41, 5.74) is -4.75. The first-order chi connectivity index (χ1) is 16.2. The van der Waals surface area contributed by atoms with E-state index in [4.69, 9.17) is 18.9 Å². The lowest BCUT2D eigenvalue weighted by Gasteiger charge is -2.64. The predicted molar refractivity (Wildman–Crippen MR) is 116 cm³/mol. The number of ether oxygens (including phenoxy) is 4. The molecule has 4 heterocycles. The van der Waals surface area contributed by atoms with Gasteiger partial charge in [0.1, 0.15) is 23.1 Å². The van der Waals surface area contributed by atoms with E-state index in [1.54, 1.807) is 0 Å². The van der Waals surface area contributed by atoms with Crippen LogP contribution in [-0.2, 0) is 42.9 Å². The number of hydrogen-bond acceptors (Lipinski definition) is 9. The van der Waals surface area contributed by atoms with Gasteiger partial charge in [-0.15, -0.1) is 0 Å². The molecule has 9 nitrogen and oxygen atoms in total. The molecule has 9 heteroatoms. The predicted octanol–water partition coefficient (Wildman–Crippen LogP) is 1.97. The number of allylic oxidation sites excluding steroid dienone is 1. The molecule has 0 bridgehead atoms. The Morgan fingerprint density at radius 1 is 0.914 bits per heavy atom. The minimum Gasteiger partial charge on any atom is -0.456 e. The van der Waals surface area contributed by atoms with E-state index in [9.17, 15) is 24.0 Å². The molecule has 35 heavy (non-hydrogen) atoms. The van der Waals surface area contributed by atoms with Gasteiger partial charge in [0.25, 0.3) is 0 Å². The Hall–Kier alpha value is -2.81. The molecule has 8 atom stereocenters. The number of ketones is 1. The van der Waals surface area contributed by atoms with Crippen molar-refractivity contribution in [2.45, 2.75) is 77.3 Å². The van der Waals surface area contributed by atoms with Crippen LogP contribution in [0.5, 0.6) is 0 Å². The van der Waals surface area contributed by atoms with Gasteiger partial charge in [-0.3, -0.25) is 4.79 Å². The summed E-state index contributed by atoms with van der Waals surface area (Å²) in [7, 11) is 0. The third-order valence-electron chi connectivity index (χ3n) is 10.1. The van der Waals surface area contributed by atoms with Crippen LogP contribution < -0.4 is 0 Å². The highest BCUT2D eigenvalue weighted by atomic mass is 16.7. The second kappa shape index (κ2) is 6.30. The van der Waals surface area contributed by atoms with Crippen LogP contribution in [0.2, 0.25) is 0 Å². The van der Waals surface area contributed by atoms with Gasteiger partial charge in [-0.2, -0.15) is 0 Å². The first kappa shape index (κ1) is 22.6. The lowest BCUT2D eigenvalue weighted by atomic mass is 9.37. The zero-order valence-corrected chi connectivity index (χ0v) is 20.3. The van der Waals surface area contributed by atoms with Crippen molar-refractivity contribution in [3.05, 3.63) is 23.8 Å². The zero-order valence-electron chi connectivity index (χ0n) is 20.3. The molecule has 0 aromatic heterocycles. The van der Waals surface area contributed by atoms with Crippen LogP contribution in [-0.4, -0.2) is 53.1 Å². The third-order valence-corrected chi connectivity index (χ3v) is 10.1. The van der Waals surface area contributed by atoms with Gasteiger partial charge in [0, 0.05) is 29.9 Å². The monoisotopic (exact) mass is 484 g/mol. The molecule has 0 radical (unpaired) electrons. The van der Waals surface area contributed by atoms with E-state index in [0.717, 1.165) is 6.08 Å². The maximum Gasteiger partial charge on any atom is 0.345 e. The Bertz CT molecular complexity index is 1200. The molecule has 0 aromatic carbocycles. The van der Waals surface area contributed by atoms with Crippen molar-refractivity contribution >= 4 is 29.7 Å². The second-order valence-electron chi connectivity index (χ2n) is 12.0. The molecule has 1 spiro atoms. The lowest BCUT2D eigenvalue weighted by molar-refractivity contribution is -0.210. The van der Waals surface area contributed by atoms with Crippen LogP contribution in [0.15, 0.2) is 23.8 Å². The largest absolute Gasteiger partial charge is 0.456 e. The van der Waals surface area contributed by atoms with Crippen molar-refractivity contribution in [3.63, 3.8) is 0 Å². The van der Waals surface area contributed by atoms with Crippen LogP contribution in [0.3, 0.4) is 0 Å². The van der Waals surface area contributed by atoms with E-state index in [1.807, 2.05) is 33.8 Å². The first-order valence-electron chi connectivity index (χ1n) is 12.0. The minimum atomic E-state index is -1.21. The number of epoxide rings is 1. The van der Waals surface area contributed by atoms with E-state index in [1.165, 1.54) is 6.08 Å². The quantitative estimate of drug-likeness (QED) is 0.238. The number of esters is 4. The average molecular weight is 485 g/mol. The molecule has 6 rings (SSSR count). The summed E-state index contributed by atoms with van der Waals surface area (Å²) in [6, 6.07) is 0. The molecule has 0 unspecified atom stereocenters. The van der Waals surface area contributed by atoms with E-state index < -0.39 is 63.5 Å². The Kier molecular flexibility index (Phi) is 4.07. The van der Waals surface area contributed by atoms with Crippen LogP contribution in [0.1, 0.15) is 53.9 Å².